The van der Waals surface area contributed by atoms with Crippen LogP contribution < -0.4 is 5.32 Å². The third-order valence-electron chi connectivity index (χ3n) is 3.24. The summed E-state index contributed by atoms with van der Waals surface area (Å²) in [6.45, 7) is 6.67. The van der Waals surface area contributed by atoms with Crippen molar-refractivity contribution in [3.63, 3.8) is 0 Å². The van der Waals surface area contributed by atoms with Gasteiger partial charge in [0.25, 0.3) is 0 Å². The molecule has 0 saturated carbocycles. The van der Waals surface area contributed by atoms with Crippen LogP contribution in [0.4, 0.5) is 0 Å². The van der Waals surface area contributed by atoms with Gasteiger partial charge in [-0.2, -0.15) is 0 Å². The highest BCUT2D eigenvalue weighted by Gasteiger charge is 2.23. The summed E-state index contributed by atoms with van der Waals surface area (Å²) in [7, 11) is 2.02. The summed E-state index contributed by atoms with van der Waals surface area (Å²) < 4.78 is 5.51. The predicted molar refractivity (Wildman–Crippen MR) is 67.2 cm³/mol. The summed E-state index contributed by atoms with van der Waals surface area (Å²) in [5, 5.41) is 3.35. The van der Waals surface area contributed by atoms with Crippen LogP contribution in [-0.2, 0) is 11.2 Å². The summed E-state index contributed by atoms with van der Waals surface area (Å²) in [6.07, 6.45) is 2.28. The van der Waals surface area contributed by atoms with E-state index in [4.69, 9.17) is 4.74 Å². The number of nitrogens with one attached hydrogen (secondary N) is 1. The van der Waals surface area contributed by atoms with Gasteiger partial charge < -0.3 is 10.1 Å². The Morgan fingerprint density at radius 2 is 2.38 bits per heavy atom. The lowest BCUT2D eigenvalue weighted by atomic mass is 10.0. The van der Waals surface area contributed by atoms with Gasteiger partial charge in [-0.15, -0.1) is 0 Å². The van der Waals surface area contributed by atoms with Crippen LogP contribution in [-0.4, -0.2) is 13.7 Å². The molecule has 1 aliphatic rings. The van der Waals surface area contributed by atoms with Crippen molar-refractivity contribution in [3.05, 3.63) is 41.5 Å². The molecule has 0 fully saturated rings. The van der Waals surface area contributed by atoms with Crippen LogP contribution in [0.5, 0.6) is 0 Å². The molecule has 0 bridgehead atoms. The molecule has 0 aliphatic heterocycles. The lowest BCUT2D eigenvalue weighted by Gasteiger charge is -2.13. The standard InChI is InChI=1S/C14H19NO/c1-4-16-10(2)11-6-5-7-13-12(11)8-9-14(13)15-3/h5-7,14-15H,2,4,8-9H2,1,3H3. The maximum atomic E-state index is 5.51. The molecule has 2 nitrogen and oxygen atoms in total. The first-order valence-corrected chi connectivity index (χ1v) is 5.89. The fourth-order valence-electron chi connectivity index (χ4n) is 2.47. The molecule has 0 heterocycles. The Hall–Kier alpha value is -1.28. The fourth-order valence-corrected chi connectivity index (χ4v) is 2.47. The van der Waals surface area contributed by atoms with Crippen molar-refractivity contribution in [3.8, 4) is 0 Å². The fraction of sp³-hybridized carbons (Fsp3) is 0.429. The van der Waals surface area contributed by atoms with E-state index >= 15 is 0 Å². The Kier molecular flexibility index (Phi) is 3.30. The van der Waals surface area contributed by atoms with E-state index in [2.05, 4.69) is 30.1 Å². The van der Waals surface area contributed by atoms with Crippen LogP contribution in [0.1, 0.15) is 36.1 Å². The lowest BCUT2D eigenvalue weighted by Crippen LogP contribution is -2.12. The monoisotopic (exact) mass is 217 g/mol. The molecule has 86 valence electrons. The average molecular weight is 217 g/mol. The number of benzene rings is 1. The van der Waals surface area contributed by atoms with Crippen molar-refractivity contribution >= 4 is 5.76 Å². The van der Waals surface area contributed by atoms with Crippen LogP contribution in [0.3, 0.4) is 0 Å². The summed E-state index contributed by atoms with van der Waals surface area (Å²) in [5.41, 5.74) is 3.98. The van der Waals surface area contributed by atoms with Crippen molar-refractivity contribution in [2.45, 2.75) is 25.8 Å². The molecule has 1 aliphatic carbocycles. The molecule has 1 atom stereocenters. The first-order chi connectivity index (χ1) is 7.77. The maximum Gasteiger partial charge on any atom is 0.119 e. The second kappa shape index (κ2) is 4.71. The van der Waals surface area contributed by atoms with E-state index in [-0.39, 0.29) is 0 Å². The Balaban J connectivity index is 2.35. The topological polar surface area (TPSA) is 21.3 Å². The molecule has 1 aromatic rings. The van der Waals surface area contributed by atoms with Crippen LogP contribution in [0.2, 0.25) is 0 Å². The van der Waals surface area contributed by atoms with Gasteiger partial charge in [0.2, 0.25) is 0 Å². The second-order valence-electron chi connectivity index (χ2n) is 4.11. The highest BCUT2D eigenvalue weighted by Crippen LogP contribution is 2.35. The Morgan fingerprint density at radius 3 is 3.06 bits per heavy atom. The molecule has 16 heavy (non-hydrogen) atoms. The number of ether oxygens (including phenoxy) is 1. The van der Waals surface area contributed by atoms with Gasteiger partial charge >= 0.3 is 0 Å². The van der Waals surface area contributed by atoms with Gasteiger partial charge in [0, 0.05) is 11.6 Å². The maximum absolute atomic E-state index is 5.51. The number of fused-ring (bicyclic) bond motifs is 1. The largest absolute Gasteiger partial charge is 0.494 e. The predicted octanol–water partition coefficient (Wildman–Crippen LogP) is 2.90. The molecule has 0 spiro atoms. The summed E-state index contributed by atoms with van der Waals surface area (Å²) in [6, 6.07) is 6.89. The normalized spacial score (nSPS) is 18.2. The highest BCUT2D eigenvalue weighted by atomic mass is 16.5. The summed E-state index contributed by atoms with van der Waals surface area (Å²) >= 11 is 0. The van der Waals surface area contributed by atoms with Gasteiger partial charge in [-0.05, 0) is 37.9 Å². The van der Waals surface area contributed by atoms with Gasteiger partial charge in [0.1, 0.15) is 5.76 Å². The third kappa shape index (κ3) is 1.85. The minimum absolute atomic E-state index is 0.490. The van der Waals surface area contributed by atoms with Crippen molar-refractivity contribution in [1.82, 2.24) is 5.32 Å². The first kappa shape index (κ1) is 11.2. The quantitative estimate of drug-likeness (QED) is 0.783. The molecule has 2 rings (SSSR count). The molecule has 0 radical (unpaired) electrons. The highest BCUT2D eigenvalue weighted by molar-refractivity contribution is 5.64. The smallest absolute Gasteiger partial charge is 0.119 e. The van der Waals surface area contributed by atoms with E-state index in [1.165, 1.54) is 23.1 Å². The molecule has 0 amide bonds. The van der Waals surface area contributed by atoms with Gasteiger partial charge in [-0.25, -0.2) is 0 Å². The second-order valence-corrected chi connectivity index (χ2v) is 4.11. The van der Waals surface area contributed by atoms with Crippen LogP contribution in [0.25, 0.3) is 5.76 Å². The number of hydrogen-bond donors (Lipinski definition) is 1. The number of rotatable bonds is 4. The van der Waals surface area contributed by atoms with Gasteiger partial charge in [-0.1, -0.05) is 24.8 Å². The first-order valence-electron chi connectivity index (χ1n) is 5.89. The zero-order chi connectivity index (χ0) is 11.5. The minimum Gasteiger partial charge on any atom is -0.494 e. The third-order valence-corrected chi connectivity index (χ3v) is 3.24. The van der Waals surface area contributed by atoms with E-state index in [1.54, 1.807) is 0 Å². The van der Waals surface area contributed by atoms with E-state index in [9.17, 15) is 0 Å². The minimum atomic E-state index is 0.490. The molecule has 1 aromatic carbocycles. The molecular formula is C14H19NO. The van der Waals surface area contributed by atoms with Crippen LogP contribution in [0, 0.1) is 0 Å². The van der Waals surface area contributed by atoms with E-state index in [0.717, 1.165) is 12.2 Å². The Labute approximate surface area is 97.3 Å². The van der Waals surface area contributed by atoms with Crippen LogP contribution in [0.15, 0.2) is 24.8 Å². The molecule has 0 aromatic heterocycles. The molecule has 1 unspecified atom stereocenters. The van der Waals surface area contributed by atoms with Gasteiger partial charge in [-0.3, -0.25) is 0 Å². The molecule has 1 N–H and O–H groups in total. The molecule has 2 heteroatoms. The van der Waals surface area contributed by atoms with Crippen molar-refractivity contribution < 1.29 is 4.74 Å². The zero-order valence-electron chi connectivity index (χ0n) is 10.0. The van der Waals surface area contributed by atoms with Crippen molar-refractivity contribution in [2.75, 3.05) is 13.7 Å². The SMILES string of the molecule is C=C(OCC)c1cccc2c1CCC2NC. The number of hydrogen-bond acceptors (Lipinski definition) is 2. The Bertz CT molecular complexity index is 398. The van der Waals surface area contributed by atoms with Crippen molar-refractivity contribution in [2.24, 2.45) is 0 Å². The average Bonchev–Trinajstić information content (AvgIpc) is 2.71. The van der Waals surface area contributed by atoms with Crippen LogP contribution >= 0.6 is 0 Å². The Morgan fingerprint density at radius 1 is 1.56 bits per heavy atom. The lowest BCUT2D eigenvalue weighted by molar-refractivity contribution is 0.299. The zero-order valence-corrected chi connectivity index (χ0v) is 10.0. The summed E-state index contributed by atoms with van der Waals surface area (Å²) in [4.78, 5) is 0. The van der Waals surface area contributed by atoms with E-state index < -0.39 is 0 Å². The summed E-state index contributed by atoms with van der Waals surface area (Å²) in [5.74, 6) is 0.802. The van der Waals surface area contributed by atoms with Crippen molar-refractivity contribution in [1.29, 1.82) is 0 Å². The van der Waals surface area contributed by atoms with Gasteiger partial charge in [0.05, 0.1) is 6.61 Å². The van der Waals surface area contributed by atoms with E-state index in [1.807, 2.05) is 14.0 Å². The van der Waals surface area contributed by atoms with E-state index in [0.29, 0.717) is 12.6 Å². The van der Waals surface area contributed by atoms with Gasteiger partial charge in [0.15, 0.2) is 0 Å². The molecular weight excluding hydrogens is 198 g/mol. The molecule has 0 saturated heterocycles.